The summed E-state index contributed by atoms with van der Waals surface area (Å²) < 4.78 is 24.3. The van der Waals surface area contributed by atoms with Crippen LogP contribution in [0.4, 0.5) is 10.1 Å². The normalized spacial score (nSPS) is 10.6. The van der Waals surface area contributed by atoms with Crippen molar-refractivity contribution in [3.63, 3.8) is 0 Å². The molecule has 27 heavy (non-hydrogen) atoms. The molecule has 3 aromatic rings. The van der Waals surface area contributed by atoms with E-state index in [0.29, 0.717) is 34.5 Å². The van der Waals surface area contributed by atoms with E-state index in [1.54, 1.807) is 31.2 Å². The molecule has 3 rings (SSSR count). The Kier molecular flexibility index (Phi) is 5.40. The van der Waals surface area contributed by atoms with Gasteiger partial charge in [-0.2, -0.15) is 0 Å². The van der Waals surface area contributed by atoms with Gasteiger partial charge in [0.15, 0.2) is 12.4 Å². The smallest absolute Gasteiger partial charge is 0.291 e. The van der Waals surface area contributed by atoms with E-state index in [1.165, 1.54) is 18.2 Å². The molecule has 0 bridgehead atoms. The lowest BCUT2D eigenvalue weighted by molar-refractivity contribution is -0.122. The maximum atomic E-state index is 13.4. The van der Waals surface area contributed by atoms with E-state index in [9.17, 15) is 14.0 Å². The summed E-state index contributed by atoms with van der Waals surface area (Å²) >= 11 is 0. The van der Waals surface area contributed by atoms with Crippen molar-refractivity contribution in [2.24, 2.45) is 0 Å². The summed E-state index contributed by atoms with van der Waals surface area (Å²) in [6, 6.07) is 10.7. The fourth-order valence-electron chi connectivity index (χ4n) is 2.63. The molecule has 0 unspecified atom stereocenters. The number of ether oxygens (including phenoxy) is 1. The van der Waals surface area contributed by atoms with Gasteiger partial charge in [-0.25, -0.2) is 4.39 Å². The van der Waals surface area contributed by atoms with Crippen molar-refractivity contribution in [3.05, 3.63) is 59.6 Å². The minimum atomic E-state index is -0.430. The van der Waals surface area contributed by atoms with Gasteiger partial charge in [-0.1, -0.05) is 0 Å². The van der Waals surface area contributed by atoms with Gasteiger partial charge < -0.3 is 19.8 Å². The summed E-state index contributed by atoms with van der Waals surface area (Å²) in [5, 5.41) is 5.93. The predicted molar refractivity (Wildman–Crippen MR) is 99.5 cm³/mol. The summed E-state index contributed by atoms with van der Waals surface area (Å²) in [4.78, 5) is 23.9. The maximum Gasteiger partial charge on any atom is 0.291 e. The highest BCUT2D eigenvalue weighted by molar-refractivity contribution is 6.06. The molecule has 2 N–H and O–H groups in total. The van der Waals surface area contributed by atoms with Crippen LogP contribution in [0.3, 0.4) is 0 Å². The number of nitrogens with one attached hydrogen (secondary N) is 2. The standard InChI is InChI=1S/C20H19FN2O4/c1-3-22-18(24)11-26-15-7-5-14(6-8-15)23-20(25)19-12(2)16-10-13(21)4-9-17(16)27-19/h4-10H,3,11H2,1-2H3,(H,22,24)(H,23,25). The first-order valence-electron chi connectivity index (χ1n) is 8.47. The molecule has 6 nitrogen and oxygen atoms in total. The van der Waals surface area contributed by atoms with Crippen molar-refractivity contribution < 1.29 is 23.1 Å². The third-order valence-electron chi connectivity index (χ3n) is 3.96. The molecular formula is C20H19FN2O4. The number of aryl methyl sites for hydroxylation is 1. The predicted octanol–water partition coefficient (Wildman–Crippen LogP) is 3.65. The van der Waals surface area contributed by atoms with Crippen LogP contribution in [0.25, 0.3) is 11.0 Å². The van der Waals surface area contributed by atoms with Crippen LogP contribution in [0.5, 0.6) is 5.75 Å². The van der Waals surface area contributed by atoms with Gasteiger partial charge >= 0.3 is 0 Å². The van der Waals surface area contributed by atoms with Gasteiger partial charge in [-0.15, -0.1) is 0 Å². The van der Waals surface area contributed by atoms with Crippen molar-refractivity contribution in [1.82, 2.24) is 5.32 Å². The first-order valence-corrected chi connectivity index (χ1v) is 8.47. The number of rotatable bonds is 6. The molecule has 0 aliphatic rings. The number of hydrogen-bond acceptors (Lipinski definition) is 4. The van der Waals surface area contributed by atoms with Gasteiger partial charge in [0.1, 0.15) is 17.1 Å². The summed E-state index contributed by atoms with van der Waals surface area (Å²) in [5.41, 5.74) is 1.56. The molecule has 140 valence electrons. The van der Waals surface area contributed by atoms with E-state index in [1.807, 2.05) is 6.92 Å². The van der Waals surface area contributed by atoms with E-state index in [-0.39, 0.29) is 24.1 Å². The molecule has 2 amide bonds. The molecule has 0 fully saturated rings. The van der Waals surface area contributed by atoms with Gasteiger partial charge in [0, 0.05) is 23.2 Å². The molecule has 1 heterocycles. The first-order chi connectivity index (χ1) is 13.0. The lowest BCUT2D eigenvalue weighted by Crippen LogP contribution is -2.28. The summed E-state index contributed by atoms with van der Waals surface area (Å²) in [7, 11) is 0. The maximum absolute atomic E-state index is 13.4. The van der Waals surface area contributed by atoms with Crippen molar-refractivity contribution >= 4 is 28.5 Å². The minimum absolute atomic E-state index is 0.0751. The quantitative estimate of drug-likeness (QED) is 0.694. The molecule has 0 saturated carbocycles. The minimum Gasteiger partial charge on any atom is -0.484 e. The fraction of sp³-hybridized carbons (Fsp3) is 0.200. The second kappa shape index (κ2) is 7.90. The Morgan fingerprint density at radius 3 is 2.59 bits per heavy atom. The third-order valence-corrected chi connectivity index (χ3v) is 3.96. The molecule has 2 aromatic carbocycles. The summed E-state index contributed by atoms with van der Waals surface area (Å²) in [5.74, 6) is -0.379. The second-order valence-electron chi connectivity index (χ2n) is 5.92. The number of fused-ring (bicyclic) bond motifs is 1. The SMILES string of the molecule is CCNC(=O)COc1ccc(NC(=O)c2oc3ccc(F)cc3c2C)cc1. The van der Waals surface area contributed by atoms with Crippen LogP contribution in [0.15, 0.2) is 46.9 Å². The number of furan rings is 1. The summed E-state index contributed by atoms with van der Waals surface area (Å²) in [6.45, 7) is 4.00. The van der Waals surface area contributed by atoms with Crippen molar-refractivity contribution in [3.8, 4) is 5.75 Å². The van der Waals surface area contributed by atoms with E-state index in [2.05, 4.69) is 10.6 Å². The highest BCUT2D eigenvalue weighted by atomic mass is 19.1. The van der Waals surface area contributed by atoms with Crippen LogP contribution in [-0.4, -0.2) is 25.0 Å². The zero-order valence-electron chi connectivity index (χ0n) is 15.0. The molecule has 0 radical (unpaired) electrons. The molecule has 0 aliphatic heterocycles. The van der Waals surface area contributed by atoms with Gasteiger partial charge in [-0.3, -0.25) is 9.59 Å². The van der Waals surface area contributed by atoms with Gasteiger partial charge in [0.05, 0.1) is 0 Å². The van der Waals surface area contributed by atoms with E-state index < -0.39 is 5.91 Å². The monoisotopic (exact) mass is 370 g/mol. The molecule has 0 saturated heterocycles. The zero-order valence-corrected chi connectivity index (χ0v) is 15.0. The van der Waals surface area contributed by atoms with Crippen LogP contribution in [0, 0.1) is 12.7 Å². The highest BCUT2D eigenvalue weighted by Crippen LogP contribution is 2.27. The Hall–Kier alpha value is -3.35. The Labute approximate surface area is 155 Å². The number of anilines is 1. The van der Waals surface area contributed by atoms with Gasteiger partial charge in [0.2, 0.25) is 0 Å². The Morgan fingerprint density at radius 2 is 1.89 bits per heavy atom. The van der Waals surface area contributed by atoms with Crippen LogP contribution < -0.4 is 15.4 Å². The summed E-state index contributed by atoms with van der Waals surface area (Å²) in [6.07, 6.45) is 0. The zero-order chi connectivity index (χ0) is 19.4. The molecule has 1 aromatic heterocycles. The first kappa shape index (κ1) is 18.4. The number of halogens is 1. The van der Waals surface area contributed by atoms with Crippen molar-refractivity contribution in [1.29, 1.82) is 0 Å². The molecule has 0 atom stereocenters. The third kappa shape index (κ3) is 4.25. The average Bonchev–Trinajstić information content (AvgIpc) is 2.98. The Morgan fingerprint density at radius 1 is 1.15 bits per heavy atom. The van der Waals surface area contributed by atoms with E-state index in [0.717, 1.165) is 0 Å². The average molecular weight is 370 g/mol. The number of benzene rings is 2. The number of carbonyl (C=O) groups is 2. The number of amides is 2. The Bertz CT molecular complexity index is 980. The topological polar surface area (TPSA) is 80.6 Å². The van der Waals surface area contributed by atoms with Gasteiger partial charge in [-0.05, 0) is 56.3 Å². The second-order valence-corrected chi connectivity index (χ2v) is 5.92. The molecular weight excluding hydrogens is 351 g/mol. The lowest BCUT2D eigenvalue weighted by atomic mass is 10.1. The van der Waals surface area contributed by atoms with Crippen LogP contribution in [-0.2, 0) is 4.79 Å². The molecule has 0 aliphatic carbocycles. The van der Waals surface area contributed by atoms with Crippen LogP contribution >= 0.6 is 0 Å². The van der Waals surface area contributed by atoms with E-state index >= 15 is 0 Å². The molecule has 0 spiro atoms. The lowest BCUT2D eigenvalue weighted by Gasteiger charge is -2.08. The Balaban J connectivity index is 1.67. The highest BCUT2D eigenvalue weighted by Gasteiger charge is 2.18. The van der Waals surface area contributed by atoms with Crippen LogP contribution in [0.1, 0.15) is 23.0 Å². The van der Waals surface area contributed by atoms with Crippen molar-refractivity contribution in [2.45, 2.75) is 13.8 Å². The fourth-order valence-corrected chi connectivity index (χ4v) is 2.63. The largest absolute Gasteiger partial charge is 0.484 e. The number of hydrogen-bond donors (Lipinski definition) is 2. The van der Waals surface area contributed by atoms with Gasteiger partial charge in [0.25, 0.3) is 11.8 Å². The number of carbonyl (C=O) groups excluding carboxylic acids is 2. The van der Waals surface area contributed by atoms with Crippen molar-refractivity contribution in [2.75, 3.05) is 18.5 Å². The number of likely N-dealkylation sites (N-methyl/N-ethyl adjacent to an activating group) is 1. The van der Waals surface area contributed by atoms with E-state index in [4.69, 9.17) is 9.15 Å². The van der Waals surface area contributed by atoms with Crippen LogP contribution in [0.2, 0.25) is 0 Å². The molecule has 7 heteroatoms.